The van der Waals surface area contributed by atoms with E-state index in [1.54, 1.807) is 19.2 Å². The van der Waals surface area contributed by atoms with Crippen molar-refractivity contribution in [1.29, 1.82) is 0 Å². The van der Waals surface area contributed by atoms with Crippen LogP contribution in [0.1, 0.15) is 55.0 Å². The van der Waals surface area contributed by atoms with Gasteiger partial charge >= 0.3 is 0 Å². The van der Waals surface area contributed by atoms with Crippen molar-refractivity contribution in [2.45, 2.75) is 53.1 Å². The van der Waals surface area contributed by atoms with Gasteiger partial charge in [-0.05, 0) is 85.8 Å². The van der Waals surface area contributed by atoms with Crippen molar-refractivity contribution in [2.75, 3.05) is 19.1 Å². The largest absolute Gasteiger partial charge is 0.508 e. The Labute approximate surface area is 263 Å². The highest BCUT2D eigenvalue weighted by Crippen LogP contribution is 2.44. The molecule has 0 fully saturated rings. The smallest absolute Gasteiger partial charge is 0.119 e. The van der Waals surface area contributed by atoms with Crippen molar-refractivity contribution in [3.8, 4) is 22.8 Å². The summed E-state index contributed by atoms with van der Waals surface area (Å²) in [5, 5.41) is 19.0. The van der Waals surface area contributed by atoms with Crippen LogP contribution in [0.5, 0.6) is 11.5 Å². The molecule has 0 amide bonds. The maximum absolute atomic E-state index is 9.62. The topological polar surface area (TPSA) is 62.5 Å². The monoisotopic (exact) mass is 616 g/mol. The van der Waals surface area contributed by atoms with Crippen LogP contribution in [-0.4, -0.2) is 33.6 Å². The van der Waals surface area contributed by atoms with Crippen LogP contribution in [0.15, 0.2) is 72.8 Å². The Kier molecular flexibility index (Phi) is 9.50. The molecule has 6 nitrogen and oxygen atoms in total. The van der Waals surface area contributed by atoms with E-state index in [-0.39, 0.29) is 11.8 Å². The van der Waals surface area contributed by atoms with E-state index in [4.69, 9.17) is 27.9 Å². The first kappa shape index (κ1) is 30.7. The Balaban J connectivity index is 0.000000171. The number of ether oxygens (including phenoxy) is 1. The molecule has 0 bridgehead atoms. The highest BCUT2D eigenvalue weighted by atomic mass is 35.5. The molecule has 2 heterocycles. The molecule has 0 spiro atoms. The van der Waals surface area contributed by atoms with Crippen LogP contribution in [0, 0.1) is 13.8 Å². The van der Waals surface area contributed by atoms with Gasteiger partial charge < -0.3 is 15.3 Å². The van der Waals surface area contributed by atoms with E-state index in [9.17, 15) is 5.11 Å². The molecule has 5 aromatic rings. The van der Waals surface area contributed by atoms with E-state index in [2.05, 4.69) is 54.5 Å². The van der Waals surface area contributed by atoms with Gasteiger partial charge in [-0.25, -0.2) is 5.01 Å². The van der Waals surface area contributed by atoms with Gasteiger partial charge in [0.2, 0.25) is 0 Å². The van der Waals surface area contributed by atoms with Crippen LogP contribution in [0.4, 0.5) is 5.69 Å². The third kappa shape index (κ3) is 6.19. The van der Waals surface area contributed by atoms with Crippen molar-refractivity contribution in [3.05, 3.63) is 105 Å². The zero-order chi connectivity index (χ0) is 30.7. The van der Waals surface area contributed by atoms with Crippen molar-refractivity contribution in [1.82, 2.24) is 14.8 Å². The van der Waals surface area contributed by atoms with E-state index in [0.717, 1.165) is 70.1 Å². The number of nitrogens with zero attached hydrogens (tertiary/aromatic N) is 3. The van der Waals surface area contributed by atoms with Gasteiger partial charge in [-0.3, -0.25) is 4.68 Å². The molecule has 0 saturated heterocycles. The highest BCUT2D eigenvalue weighted by Gasteiger charge is 2.33. The quantitative estimate of drug-likeness (QED) is 0.190. The third-order valence-corrected chi connectivity index (χ3v) is 8.38. The lowest BCUT2D eigenvalue weighted by atomic mass is 9.94. The van der Waals surface area contributed by atoms with Crippen molar-refractivity contribution in [3.63, 3.8) is 0 Å². The number of para-hydroxylation sites is 1. The van der Waals surface area contributed by atoms with E-state index in [1.807, 2.05) is 54.1 Å². The highest BCUT2D eigenvalue weighted by molar-refractivity contribution is 6.35. The molecule has 1 atom stereocenters. The van der Waals surface area contributed by atoms with Gasteiger partial charge in [0.25, 0.3) is 0 Å². The van der Waals surface area contributed by atoms with Gasteiger partial charge in [0.05, 0.1) is 34.6 Å². The van der Waals surface area contributed by atoms with E-state index in [1.165, 1.54) is 16.7 Å². The zero-order valence-electron chi connectivity index (χ0n) is 25.3. The molecule has 6 rings (SSSR count). The van der Waals surface area contributed by atoms with E-state index in [0.29, 0.717) is 5.02 Å². The SMILES string of the molecule is CCCN1Nc2c(Cl)cccc2C1c1ccc(OC)cc1C.CCCn1nc2c(Cl)cccc2c1-c1ccc(O)cc1C. The third-order valence-electron chi connectivity index (χ3n) is 7.76. The fourth-order valence-corrected chi connectivity index (χ4v) is 6.23. The summed E-state index contributed by atoms with van der Waals surface area (Å²) in [4.78, 5) is 0. The number of benzene rings is 4. The molecule has 1 aliphatic heterocycles. The molecule has 1 aromatic heterocycles. The standard InChI is InChI=1S/C18H21ClN2O.C17H17ClN2O/c1-4-10-21-18(14-9-8-13(22-3)11-12(14)2)15-6-5-7-16(19)17(15)20-21;1-3-9-20-17(13-8-7-12(21)10-11(13)2)14-5-4-6-15(18)16(14)19-20/h5-9,11,18,20H,4,10H2,1-3H3;4-8,10,21H,3,9H2,1-2H3. The number of hydrogen-bond acceptors (Lipinski definition) is 5. The second-order valence-corrected chi connectivity index (χ2v) is 11.7. The first-order chi connectivity index (χ1) is 20.8. The number of aryl methyl sites for hydroxylation is 3. The number of fused-ring (bicyclic) bond motifs is 2. The molecule has 2 N–H and O–H groups in total. The van der Waals surface area contributed by atoms with Crippen LogP contribution in [-0.2, 0) is 6.54 Å². The van der Waals surface area contributed by atoms with Gasteiger partial charge in [-0.1, -0.05) is 67.4 Å². The number of hydrazine groups is 1. The maximum atomic E-state index is 9.62. The van der Waals surface area contributed by atoms with Gasteiger partial charge in [0, 0.05) is 29.6 Å². The molecular weight excluding hydrogens is 579 g/mol. The van der Waals surface area contributed by atoms with Crippen molar-refractivity contribution in [2.24, 2.45) is 0 Å². The number of halogens is 2. The summed E-state index contributed by atoms with van der Waals surface area (Å²) in [7, 11) is 1.70. The van der Waals surface area contributed by atoms with E-state index >= 15 is 0 Å². The Morgan fingerprint density at radius 2 is 1.60 bits per heavy atom. The molecule has 8 heteroatoms. The summed E-state index contributed by atoms with van der Waals surface area (Å²) < 4.78 is 7.34. The van der Waals surface area contributed by atoms with Crippen LogP contribution >= 0.6 is 23.2 Å². The molecule has 4 aromatic carbocycles. The Morgan fingerprint density at radius 1 is 0.860 bits per heavy atom. The summed E-state index contributed by atoms with van der Waals surface area (Å²) in [5.74, 6) is 1.17. The summed E-state index contributed by atoms with van der Waals surface area (Å²) in [5.41, 5.74) is 12.2. The average molecular weight is 618 g/mol. The first-order valence-corrected chi connectivity index (χ1v) is 15.4. The van der Waals surface area contributed by atoms with Gasteiger partial charge in [-0.15, -0.1) is 0 Å². The summed E-state index contributed by atoms with van der Waals surface area (Å²) in [6, 6.07) is 23.8. The number of methoxy groups -OCH3 is 1. The number of nitrogens with one attached hydrogen (secondary N) is 1. The first-order valence-electron chi connectivity index (χ1n) is 14.7. The molecule has 1 aliphatic rings. The maximum Gasteiger partial charge on any atom is 0.119 e. The minimum absolute atomic E-state index is 0.180. The number of aromatic hydroxyl groups is 1. The van der Waals surface area contributed by atoms with Gasteiger partial charge in [0.15, 0.2) is 0 Å². The molecule has 224 valence electrons. The minimum atomic E-state index is 0.180. The lowest BCUT2D eigenvalue weighted by Crippen LogP contribution is -2.29. The number of phenols is 1. The van der Waals surface area contributed by atoms with Gasteiger partial charge in [0.1, 0.15) is 17.0 Å². The molecule has 0 aliphatic carbocycles. The second-order valence-electron chi connectivity index (χ2n) is 10.8. The van der Waals surface area contributed by atoms with Crippen LogP contribution in [0.2, 0.25) is 10.0 Å². The predicted molar refractivity (Wildman–Crippen MR) is 179 cm³/mol. The van der Waals surface area contributed by atoms with Crippen LogP contribution in [0.3, 0.4) is 0 Å². The Hall–Kier alpha value is -3.71. The Morgan fingerprint density at radius 3 is 2.30 bits per heavy atom. The molecular formula is C35H38Cl2N4O2. The van der Waals surface area contributed by atoms with Crippen molar-refractivity contribution < 1.29 is 9.84 Å². The average Bonchev–Trinajstić information content (AvgIpc) is 3.54. The lowest BCUT2D eigenvalue weighted by Gasteiger charge is -2.26. The summed E-state index contributed by atoms with van der Waals surface area (Å²) >= 11 is 12.6. The second kappa shape index (κ2) is 13.3. The molecule has 0 radical (unpaired) electrons. The van der Waals surface area contributed by atoms with Gasteiger partial charge in [-0.2, -0.15) is 5.10 Å². The number of hydrogen-bond donors (Lipinski definition) is 2. The Bertz CT molecular complexity index is 1750. The van der Waals surface area contributed by atoms with Crippen LogP contribution in [0.25, 0.3) is 22.2 Å². The number of anilines is 1. The fraction of sp³-hybridized carbons (Fsp3) is 0.286. The fourth-order valence-electron chi connectivity index (χ4n) is 5.80. The van der Waals surface area contributed by atoms with Crippen molar-refractivity contribution >= 4 is 39.8 Å². The number of aromatic nitrogens is 2. The van der Waals surface area contributed by atoms with Crippen LogP contribution < -0.4 is 10.2 Å². The number of rotatable bonds is 7. The minimum Gasteiger partial charge on any atom is -0.508 e. The molecule has 1 unspecified atom stereocenters. The molecule has 43 heavy (non-hydrogen) atoms. The summed E-state index contributed by atoms with van der Waals surface area (Å²) in [6.45, 7) is 10.2. The lowest BCUT2D eigenvalue weighted by molar-refractivity contribution is 0.295. The van der Waals surface area contributed by atoms with E-state index < -0.39 is 0 Å². The predicted octanol–water partition coefficient (Wildman–Crippen LogP) is 9.58. The molecule has 0 saturated carbocycles. The normalized spacial score (nSPS) is 14.3. The number of phenolic OH excluding ortho intramolecular Hbond substituents is 1. The summed E-state index contributed by atoms with van der Waals surface area (Å²) in [6.07, 6.45) is 2.07. The zero-order valence-corrected chi connectivity index (χ0v) is 26.8.